The van der Waals surface area contributed by atoms with Gasteiger partial charge < -0.3 is 15.2 Å². The van der Waals surface area contributed by atoms with Gasteiger partial charge in [0.15, 0.2) is 0 Å². The maximum Gasteiger partial charge on any atom is 0.229 e. The molecule has 1 rings (SSSR count). The van der Waals surface area contributed by atoms with Crippen molar-refractivity contribution in [2.75, 3.05) is 19.0 Å². The number of anilines is 1. The highest BCUT2D eigenvalue weighted by molar-refractivity contribution is 5.96. The van der Waals surface area contributed by atoms with Crippen LogP contribution in [0.3, 0.4) is 0 Å². The van der Waals surface area contributed by atoms with Crippen molar-refractivity contribution >= 4 is 11.6 Å². The molecule has 0 heterocycles. The Bertz CT molecular complexity index is 518. The fraction of sp³-hybridized carbons (Fsp3) is 0.400. The quantitative estimate of drug-likeness (QED) is 0.801. The molecule has 0 unspecified atom stereocenters. The molecule has 0 aliphatic rings. The summed E-state index contributed by atoms with van der Waals surface area (Å²) in [6.07, 6.45) is 0. The molecular weight excluding hydrogens is 242 g/mol. The van der Waals surface area contributed by atoms with Crippen molar-refractivity contribution in [3.05, 3.63) is 23.8 Å². The number of aliphatic hydroxyl groups excluding tert-OH is 1. The molecule has 1 amide bonds. The molecule has 4 heteroatoms. The minimum atomic E-state index is -0.488. The van der Waals surface area contributed by atoms with E-state index in [0.29, 0.717) is 17.0 Å². The Hall–Kier alpha value is -1.99. The fourth-order valence-corrected chi connectivity index (χ4v) is 1.33. The number of carbonyl (C=O) groups is 1. The van der Waals surface area contributed by atoms with Crippen LogP contribution in [-0.4, -0.2) is 24.7 Å². The Kier molecular flexibility index (Phi) is 4.96. The Labute approximate surface area is 113 Å². The largest absolute Gasteiger partial charge is 0.495 e. The van der Waals surface area contributed by atoms with E-state index in [9.17, 15) is 4.79 Å². The average Bonchev–Trinajstić information content (AvgIpc) is 2.35. The van der Waals surface area contributed by atoms with Gasteiger partial charge in [-0.3, -0.25) is 4.79 Å². The fourth-order valence-electron chi connectivity index (χ4n) is 1.33. The predicted octanol–water partition coefficient (Wildman–Crippen LogP) is 2.02. The van der Waals surface area contributed by atoms with Crippen LogP contribution in [0.5, 0.6) is 5.75 Å². The zero-order valence-corrected chi connectivity index (χ0v) is 11.7. The summed E-state index contributed by atoms with van der Waals surface area (Å²) in [5.74, 6) is 5.83. The minimum absolute atomic E-state index is 0.0990. The Morgan fingerprint density at radius 2 is 2.11 bits per heavy atom. The third-order valence-electron chi connectivity index (χ3n) is 2.44. The molecule has 0 radical (unpaired) electrons. The topological polar surface area (TPSA) is 58.6 Å². The molecule has 0 aliphatic carbocycles. The van der Waals surface area contributed by atoms with Crippen LogP contribution in [0.4, 0.5) is 5.69 Å². The molecule has 0 saturated heterocycles. The maximum atomic E-state index is 12.0. The SMILES string of the molecule is COc1ccc(C#CCO)cc1NC(=O)C(C)(C)C. The first kappa shape index (κ1) is 15.1. The molecule has 0 fully saturated rings. The van der Waals surface area contributed by atoms with E-state index in [4.69, 9.17) is 9.84 Å². The van der Waals surface area contributed by atoms with Crippen LogP contribution >= 0.6 is 0 Å². The van der Waals surface area contributed by atoms with Gasteiger partial charge in [0.05, 0.1) is 12.8 Å². The minimum Gasteiger partial charge on any atom is -0.495 e. The first-order chi connectivity index (χ1) is 8.88. The molecular formula is C15H19NO3. The lowest BCUT2D eigenvalue weighted by atomic mass is 9.95. The van der Waals surface area contributed by atoms with Crippen LogP contribution in [0.1, 0.15) is 26.3 Å². The summed E-state index contributed by atoms with van der Waals surface area (Å²) in [4.78, 5) is 12.0. The van der Waals surface area contributed by atoms with Gasteiger partial charge in [-0.1, -0.05) is 32.6 Å². The Balaban J connectivity index is 3.06. The van der Waals surface area contributed by atoms with Gasteiger partial charge >= 0.3 is 0 Å². The highest BCUT2D eigenvalue weighted by atomic mass is 16.5. The summed E-state index contributed by atoms with van der Waals surface area (Å²) in [5, 5.41) is 11.5. The second-order valence-corrected chi connectivity index (χ2v) is 5.08. The van der Waals surface area contributed by atoms with E-state index < -0.39 is 5.41 Å². The molecule has 2 N–H and O–H groups in total. The predicted molar refractivity (Wildman–Crippen MR) is 75.0 cm³/mol. The van der Waals surface area contributed by atoms with E-state index in [0.717, 1.165) is 0 Å². The van der Waals surface area contributed by atoms with Crippen molar-refractivity contribution in [2.45, 2.75) is 20.8 Å². The summed E-state index contributed by atoms with van der Waals surface area (Å²) in [5.41, 5.74) is 0.795. The van der Waals surface area contributed by atoms with E-state index in [-0.39, 0.29) is 12.5 Å². The lowest BCUT2D eigenvalue weighted by molar-refractivity contribution is -0.123. The zero-order valence-electron chi connectivity index (χ0n) is 11.7. The van der Waals surface area contributed by atoms with Crippen molar-refractivity contribution in [2.24, 2.45) is 5.41 Å². The van der Waals surface area contributed by atoms with Crippen molar-refractivity contribution in [1.29, 1.82) is 0 Å². The van der Waals surface area contributed by atoms with Gasteiger partial charge in [-0.15, -0.1) is 0 Å². The second-order valence-electron chi connectivity index (χ2n) is 5.08. The highest BCUT2D eigenvalue weighted by Crippen LogP contribution is 2.27. The summed E-state index contributed by atoms with van der Waals surface area (Å²) >= 11 is 0. The summed E-state index contributed by atoms with van der Waals surface area (Å²) in [7, 11) is 1.54. The number of nitrogens with one attached hydrogen (secondary N) is 1. The molecule has 1 aromatic rings. The first-order valence-electron chi connectivity index (χ1n) is 5.97. The molecule has 0 atom stereocenters. The van der Waals surface area contributed by atoms with Gasteiger partial charge in [0, 0.05) is 11.0 Å². The average molecular weight is 261 g/mol. The molecule has 1 aromatic carbocycles. The van der Waals surface area contributed by atoms with Gasteiger partial charge in [0.2, 0.25) is 5.91 Å². The van der Waals surface area contributed by atoms with Gasteiger partial charge in [-0.2, -0.15) is 0 Å². The van der Waals surface area contributed by atoms with E-state index in [1.54, 1.807) is 25.3 Å². The highest BCUT2D eigenvalue weighted by Gasteiger charge is 2.22. The van der Waals surface area contributed by atoms with Gasteiger partial charge in [-0.05, 0) is 18.2 Å². The van der Waals surface area contributed by atoms with E-state index in [1.165, 1.54) is 0 Å². The van der Waals surface area contributed by atoms with Gasteiger partial charge in [-0.25, -0.2) is 0 Å². The lowest BCUT2D eigenvalue weighted by Crippen LogP contribution is -2.27. The standard InChI is InChI=1S/C15H19NO3/c1-15(2,3)14(18)16-12-10-11(6-5-9-17)7-8-13(12)19-4/h7-8,10,17H,9H2,1-4H3,(H,16,18). The van der Waals surface area contributed by atoms with E-state index in [2.05, 4.69) is 17.2 Å². The number of amides is 1. The Morgan fingerprint density at radius 3 is 2.63 bits per heavy atom. The molecule has 0 saturated carbocycles. The van der Waals surface area contributed by atoms with Crippen LogP contribution in [0.25, 0.3) is 0 Å². The van der Waals surface area contributed by atoms with Crippen molar-refractivity contribution < 1.29 is 14.6 Å². The van der Waals surface area contributed by atoms with Crippen LogP contribution in [0.2, 0.25) is 0 Å². The number of rotatable bonds is 2. The maximum absolute atomic E-state index is 12.0. The van der Waals surface area contributed by atoms with Crippen LogP contribution in [0.15, 0.2) is 18.2 Å². The normalized spacial score (nSPS) is 10.4. The number of hydrogen-bond acceptors (Lipinski definition) is 3. The van der Waals surface area contributed by atoms with Crippen LogP contribution < -0.4 is 10.1 Å². The van der Waals surface area contributed by atoms with Crippen molar-refractivity contribution in [3.8, 4) is 17.6 Å². The molecule has 0 bridgehead atoms. The molecule has 4 nitrogen and oxygen atoms in total. The summed E-state index contributed by atoms with van der Waals surface area (Å²) in [6.45, 7) is 5.31. The number of hydrogen-bond donors (Lipinski definition) is 2. The van der Waals surface area contributed by atoms with Gasteiger partial charge in [0.1, 0.15) is 12.4 Å². The first-order valence-corrected chi connectivity index (χ1v) is 5.97. The molecule has 19 heavy (non-hydrogen) atoms. The molecule has 102 valence electrons. The van der Waals surface area contributed by atoms with Crippen LogP contribution in [-0.2, 0) is 4.79 Å². The smallest absolute Gasteiger partial charge is 0.229 e. The molecule has 0 aromatic heterocycles. The van der Waals surface area contributed by atoms with Crippen molar-refractivity contribution in [1.82, 2.24) is 0 Å². The number of ether oxygens (including phenoxy) is 1. The number of methoxy groups -OCH3 is 1. The van der Waals surface area contributed by atoms with Gasteiger partial charge in [0.25, 0.3) is 0 Å². The number of carbonyl (C=O) groups excluding carboxylic acids is 1. The lowest BCUT2D eigenvalue weighted by Gasteiger charge is -2.19. The second kappa shape index (κ2) is 6.26. The molecule has 0 aliphatic heterocycles. The van der Waals surface area contributed by atoms with E-state index >= 15 is 0 Å². The summed E-state index contributed by atoms with van der Waals surface area (Å²) < 4.78 is 5.21. The summed E-state index contributed by atoms with van der Waals surface area (Å²) in [6, 6.07) is 5.24. The third-order valence-corrected chi connectivity index (χ3v) is 2.44. The number of aliphatic hydroxyl groups is 1. The zero-order chi connectivity index (χ0) is 14.5. The van der Waals surface area contributed by atoms with Crippen LogP contribution in [0, 0.1) is 17.3 Å². The monoisotopic (exact) mass is 261 g/mol. The molecule has 0 spiro atoms. The third kappa shape index (κ3) is 4.31. The van der Waals surface area contributed by atoms with E-state index in [1.807, 2.05) is 20.8 Å². The van der Waals surface area contributed by atoms with Crippen molar-refractivity contribution in [3.63, 3.8) is 0 Å². The Morgan fingerprint density at radius 1 is 1.42 bits per heavy atom. The number of benzene rings is 1.